The molecule has 0 saturated carbocycles. The van der Waals surface area contributed by atoms with Crippen molar-refractivity contribution >= 4 is 11.3 Å². The summed E-state index contributed by atoms with van der Waals surface area (Å²) in [5, 5.41) is 2.83. The van der Waals surface area contributed by atoms with E-state index in [9.17, 15) is 0 Å². The van der Waals surface area contributed by atoms with Crippen molar-refractivity contribution in [2.45, 2.75) is 0 Å². The topological polar surface area (TPSA) is 75.0 Å². The van der Waals surface area contributed by atoms with E-state index in [1.807, 2.05) is 40.4 Å². The lowest BCUT2D eigenvalue weighted by Gasteiger charge is -2.10. The van der Waals surface area contributed by atoms with Crippen molar-refractivity contribution in [1.82, 2.24) is 24.5 Å². The van der Waals surface area contributed by atoms with Crippen molar-refractivity contribution in [2.24, 2.45) is 0 Å². The van der Waals surface area contributed by atoms with Gasteiger partial charge in [-0.1, -0.05) is 12.1 Å². The minimum atomic E-state index is 0.268. The number of hydrogen-bond donors (Lipinski definition) is 0. The summed E-state index contributed by atoms with van der Waals surface area (Å²) < 4.78 is 12.4. The molecule has 1 aromatic carbocycles. The van der Waals surface area contributed by atoms with E-state index in [1.165, 1.54) is 7.11 Å². The van der Waals surface area contributed by atoms with Crippen LogP contribution in [0.25, 0.3) is 27.5 Å². The standard InChI is InChI=1S/C18H15N5O2S/c1-24-16-14(9-20-18(22-16)25-2)12-4-3-5-13(8-12)23-10-15(21-11-23)17-19-6-7-26-17/h3-11H,1-2H3. The zero-order valence-corrected chi connectivity index (χ0v) is 15.0. The molecule has 0 saturated heterocycles. The Morgan fingerprint density at radius 1 is 1.08 bits per heavy atom. The van der Waals surface area contributed by atoms with Gasteiger partial charge in [0.15, 0.2) is 0 Å². The molecule has 0 N–H and O–H groups in total. The Morgan fingerprint density at radius 3 is 2.77 bits per heavy atom. The van der Waals surface area contributed by atoms with Gasteiger partial charge in [0.25, 0.3) is 0 Å². The molecular weight excluding hydrogens is 350 g/mol. The van der Waals surface area contributed by atoms with Gasteiger partial charge in [0.2, 0.25) is 5.88 Å². The third kappa shape index (κ3) is 3.02. The molecule has 8 heteroatoms. The lowest BCUT2D eigenvalue weighted by atomic mass is 10.1. The SMILES string of the molecule is COc1ncc(-c2cccc(-n3cnc(-c4nccs4)c3)c2)c(OC)n1. The maximum absolute atomic E-state index is 5.38. The summed E-state index contributed by atoms with van der Waals surface area (Å²) in [4.78, 5) is 17.2. The lowest BCUT2D eigenvalue weighted by Crippen LogP contribution is -1.98. The highest BCUT2D eigenvalue weighted by atomic mass is 32.1. The number of nitrogens with zero attached hydrogens (tertiary/aromatic N) is 5. The van der Waals surface area contributed by atoms with E-state index < -0.39 is 0 Å². The Kier molecular flexibility index (Phi) is 4.32. The van der Waals surface area contributed by atoms with Crippen LogP contribution in [0.1, 0.15) is 0 Å². The third-order valence-corrected chi connectivity index (χ3v) is 4.59. The van der Waals surface area contributed by atoms with Gasteiger partial charge in [-0.25, -0.2) is 15.0 Å². The molecule has 130 valence electrons. The average Bonchev–Trinajstić information content (AvgIpc) is 3.39. The zero-order valence-electron chi connectivity index (χ0n) is 14.2. The van der Waals surface area contributed by atoms with Crippen LogP contribution in [0.5, 0.6) is 11.9 Å². The Hall–Kier alpha value is -3.26. The number of benzene rings is 1. The summed E-state index contributed by atoms with van der Waals surface area (Å²) >= 11 is 1.56. The molecule has 4 aromatic rings. The molecule has 26 heavy (non-hydrogen) atoms. The first-order valence-electron chi connectivity index (χ1n) is 7.78. The molecule has 0 amide bonds. The Balaban J connectivity index is 1.72. The van der Waals surface area contributed by atoms with Crippen LogP contribution in [0.2, 0.25) is 0 Å². The van der Waals surface area contributed by atoms with E-state index in [1.54, 1.807) is 37.2 Å². The maximum atomic E-state index is 5.38. The van der Waals surface area contributed by atoms with Crippen LogP contribution in [0.3, 0.4) is 0 Å². The van der Waals surface area contributed by atoms with Crippen molar-refractivity contribution in [3.8, 4) is 39.4 Å². The number of imidazole rings is 1. The van der Waals surface area contributed by atoms with E-state index in [0.717, 1.165) is 27.5 Å². The van der Waals surface area contributed by atoms with Gasteiger partial charge in [0.05, 0.1) is 19.8 Å². The summed E-state index contributed by atoms with van der Waals surface area (Å²) in [6.45, 7) is 0. The molecule has 0 aliphatic carbocycles. The molecule has 0 unspecified atom stereocenters. The van der Waals surface area contributed by atoms with Crippen molar-refractivity contribution < 1.29 is 9.47 Å². The molecule has 0 aliphatic rings. The van der Waals surface area contributed by atoms with Crippen LogP contribution in [0.4, 0.5) is 0 Å². The van der Waals surface area contributed by atoms with E-state index in [2.05, 4.69) is 19.9 Å². The first-order valence-corrected chi connectivity index (χ1v) is 8.66. The normalized spacial score (nSPS) is 10.7. The smallest absolute Gasteiger partial charge is 0.319 e. The second-order valence-electron chi connectivity index (χ2n) is 5.33. The molecule has 4 rings (SSSR count). The minimum absolute atomic E-state index is 0.268. The minimum Gasteiger partial charge on any atom is -0.480 e. The number of rotatable bonds is 5. The summed E-state index contributed by atoms with van der Waals surface area (Å²) in [6.07, 6.45) is 7.20. The van der Waals surface area contributed by atoms with Gasteiger partial charge >= 0.3 is 6.01 Å². The van der Waals surface area contributed by atoms with Crippen LogP contribution in [-0.4, -0.2) is 38.7 Å². The fourth-order valence-corrected chi connectivity index (χ4v) is 3.16. The fraction of sp³-hybridized carbons (Fsp3) is 0.111. The van der Waals surface area contributed by atoms with Crippen molar-refractivity contribution in [3.63, 3.8) is 0 Å². The first kappa shape index (κ1) is 16.2. The zero-order chi connectivity index (χ0) is 17.9. The maximum Gasteiger partial charge on any atom is 0.319 e. The number of methoxy groups -OCH3 is 2. The van der Waals surface area contributed by atoms with Gasteiger partial charge in [0, 0.05) is 29.7 Å². The summed E-state index contributed by atoms with van der Waals surface area (Å²) in [5.41, 5.74) is 3.54. The molecule has 0 spiro atoms. The number of aromatic nitrogens is 5. The fourth-order valence-electron chi connectivity index (χ4n) is 2.56. The van der Waals surface area contributed by atoms with Crippen molar-refractivity contribution in [2.75, 3.05) is 14.2 Å². The summed E-state index contributed by atoms with van der Waals surface area (Å²) in [7, 11) is 3.10. The van der Waals surface area contributed by atoms with Gasteiger partial charge in [-0.3, -0.25) is 0 Å². The highest BCUT2D eigenvalue weighted by molar-refractivity contribution is 7.13. The molecule has 0 fully saturated rings. The monoisotopic (exact) mass is 365 g/mol. The number of thiazole rings is 1. The molecule has 0 atom stereocenters. The van der Waals surface area contributed by atoms with Gasteiger partial charge in [-0.2, -0.15) is 4.98 Å². The largest absolute Gasteiger partial charge is 0.480 e. The molecular formula is C18H15N5O2S. The van der Waals surface area contributed by atoms with E-state index in [-0.39, 0.29) is 6.01 Å². The van der Waals surface area contributed by atoms with Crippen LogP contribution >= 0.6 is 11.3 Å². The molecule has 0 radical (unpaired) electrons. The highest BCUT2D eigenvalue weighted by Crippen LogP contribution is 2.30. The van der Waals surface area contributed by atoms with Gasteiger partial charge in [-0.15, -0.1) is 11.3 Å². The Labute approximate surface area is 153 Å². The number of hydrogen-bond acceptors (Lipinski definition) is 7. The van der Waals surface area contributed by atoms with Crippen molar-refractivity contribution in [1.29, 1.82) is 0 Å². The summed E-state index contributed by atoms with van der Waals surface area (Å²) in [6, 6.07) is 8.26. The Bertz CT molecular complexity index is 1030. The van der Waals surface area contributed by atoms with Gasteiger partial charge < -0.3 is 14.0 Å². The van der Waals surface area contributed by atoms with Crippen LogP contribution in [0, 0.1) is 0 Å². The predicted molar refractivity (Wildman–Crippen MR) is 98.8 cm³/mol. The molecule has 7 nitrogen and oxygen atoms in total. The molecule has 0 bridgehead atoms. The van der Waals surface area contributed by atoms with Crippen LogP contribution < -0.4 is 9.47 Å². The first-order chi connectivity index (χ1) is 12.8. The third-order valence-electron chi connectivity index (χ3n) is 3.80. The quantitative estimate of drug-likeness (QED) is 0.539. The second kappa shape index (κ2) is 6.93. The molecule has 3 aromatic heterocycles. The average molecular weight is 365 g/mol. The van der Waals surface area contributed by atoms with Gasteiger partial charge in [-0.05, 0) is 17.7 Å². The second-order valence-corrected chi connectivity index (χ2v) is 6.23. The van der Waals surface area contributed by atoms with E-state index >= 15 is 0 Å². The van der Waals surface area contributed by atoms with Crippen LogP contribution in [-0.2, 0) is 0 Å². The molecule has 0 aliphatic heterocycles. The lowest BCUT2D eigenvalue weighted by molar-refractivity contribution is 0.353. The molecule has 3 heterocycles. The van der Waals surface area contributed by atoms with Crippen molar-refractivity contribution in [3.05, 3.63) is 54.6 Å². The number of ether oxygens (including phenoxy) is 2. The van der Waals surface area contributed by atoms with Crippen LogP contribution in [0.15, 0.2) is 54.6 Å². The Morgan fingerprint density at radius 2 is 2.00 bits per heavy atom. The summed E-state index contributed by atoms with van der Waals surface area (Å²) in [5.74, 6) is 0.461. The van der Waals surface area contributed by atoms with E-state index in [0.29, 0.717) is 5.88 Å². The predicted octanol–water partition coefficient (Wildman–Crippen LogP) is 3.47. The van der Waals surface area contributed by atoms with Gasteiger partial charge in [0.1, 0.15) is 17.0 Å². The highest BCUT2D eigenvalue weighted by Gasteiger charge is 2.12. The van der Waals surface area contributed by atoms with E-state index in [4.69, 9.17) is 9.47 Å².